The van der Waals surface area contributed by atoms with Crippen molar-refractivity contribution in [3.63, 3.8) is 0 Å². The van der Waals surface area contributed by atoms with Crippen molar-refractivity contribution in [3.8, 4) is 11.5 Å². The minimum absolute atomic E-state index is 0.178. The van der Waals surface area contributed by atoms with E-state index in [0.29, 0.717) is 17.4 Å². The predicted octanol–water partition coefficient (Wildman–Crippen LogP) is 2.96. The highest BCUT2D eigenvalue weighted by Gasteiger charge is 2.22. The largest absolute Gasteiger partial charge is 0.493 e. The minimum atomic E-state index is -0.563. The summed E-state index contributed by atoms with van der Waals surface area (Å²) >= 11 is 0. The van der Waals surface area contributed by atoms with Crippen molar-refractivity contribution >= 4 is 18.0 Å². The monoisotopic (exact) mass is 361 g/mol. The van der Waals surface area contributed by atoms with Crippen molar-refractivity contribution in [2.24, 2.45) is 5.92 Å². The SMILES string of the molecule is COc1ccc(/C=C/C(=O)OCC(=O)N[C@@H]2CCCC[C@H]2C)cc1OC. The number of hydrogen-bond acceptors (Lipinski definition) is 5. The Balaban J connectivity index is 1.80. The van der Waals surface area contributed by atoms with Crippen molar-refractivity contribution in [1.82, 2.24) is 5.32 Å². The molecule has 142 valence electrons. The molecular formula is C20H27NO5. The van der Waals surface area contributed by atoms with Crippen LogP contribution in [0.1, 0.15) is 38.2 Å². The van der Waals surface area contributed by atoms with Gasteiger partial charge in [0.1, 0.15) is 0 Å². The molecule has 0 heterocycles. The Bertz CT molecular complexity index is 656. The highest BCUT2D eigenvalue weighted by atomic mass is 16.5. The molecule has 1 fully saturated rings. The van der Waals surface area contributed by atoms with E-state index in [9.17, 15) is 9.59 Å². The maximum Gasteiger partial charge on any atom is 0.331 e. The Morgan fingerprint density at radius 1 is 1.15 bits per heavy atom. The average Bonchev–Trinajstić information content (AvgIpc) is 2.66. The van der Waals surface area contributed by atoms with Crippen LogP contribution in [0.4, 0.5) is 0 Å². The fourth-order valence-corrected chi connectivity index (χ4v) is 3.08. The van der Waals surface area contributed by atoms with Crippen LogP contribution in [-0.4, -0.2) is 38.7 Å². The number of benzene rings is 1. The lowest BCUT2D eigenvalue weighted by atomic mass is 9.86. The molecule has 0 aliphatic heterocycles. The fourth-order valence-electron chi connectivity index (χ4n) is 3.08. The van der Waals surface area contributed by atoms with Gasteiger partial charge in [-0.2, -0.15) is 0 Å². The number of amides is 1. The van der Waals surface area contributed by atoms with Crippen molar-refractivity contribution < 1.29 is 23.8 Å². The number of hydrogen-bond donors (Lipinski definition) is 1. The van der Waals surface area contributed by atoms with Gasteiger partial charge in [0, 0.05) is 12.1 Å². The summed E-state index contributed by atoms with van der Waals surface area (Å²) in [7, 11) is 3.11. The van der Waals surface area contributed by atoms with E-state index in [4.69, 9.17) is 14.2 Å². The second kappa shape index (κ2) is 9.85. The number of ether oxygens (including phenoxy) is 3. The summed E-state index contributed by atoms with van der Waals surface area (Å²) in [6.07, 6.45) is 7.34. The Labute approximate surface area is 154 Å². The molecule has 0 radical (unpaired) electrons. The van der Waals surface area contributed by atoms with Crippen LogP contribution >= 0.6 is 0 Å². The third kappa shape index (κ3) is 5.79. The van der Waals surface area contributed by atoms with E-state index in [-0.39, 0.29) is 18.6 Å². The molecule has 0 spiro atoms. The third-order valence-corrected chi connectivity index (χ3v) is 4.62. The van der Waals surface area contributed by atoms with Crippen molar-refractivity contribution in [3.05, 3.63) is 29.8 Å². The fraction of sp³-hybridized carbons (Fsp3) is 0.500. The van der Waals surface area contributed by atoms with Crippen LogP contribution in [0.2, 0.25) is 0 Å². The van der Waals surface area contributed by atoms with Gasteiger partial charge in [-0.05, 0) is 42.5 Å². The topological polar surface area (TPSA) is 73.9 Å². The van der Waals surface area contributed by atoms with E-state index in [2.05, 4.69) is 12.2 Å². The third-order valence-electron chi connectivity index (χ3n) is 4.62. The summed E-state index contributed by atoms with van der Waals surface area (Å²) in [5.41, 5.74) is 0.764. The van der Waals surface area contributed by atoms with Gasteiger partial charge in [0.05, 0.1) is 14.2 Å². The van der Waals surface area contributed by atoms with Crippen LogP contribution in [0.15, 0.2) is 24.3 Å². The molecule has 0 aromatic heterocycles. The van der Waals surface area contributed by atoms with Gasteiger partial charge < -0.3 is 19.5 Å². The molecule has 1 saturated carbocycles. The van der Waals surface area contributed by atoms with Crippen LogP contribution in [0.5, 0.6) is 11.5 Å². The number of rotatable bonds is 7. The smallest absolute Gasteiger partial charge is 0.331 e. The minimum Gasteiger partial charge on any atom is -0.493 e. The van der Waals surface area contributed by atoms with Gasteiger partial charge >= 0.3 is 5.97 Å². The van der Waals surface area contributed by atoms with E-state index in [0.717, 1.165) is 24.8 Å². The van der Waals surface area contributed by atoms with Crippen LogP contribution < -0.4 is 14.8 Å². The summed E-state index contributed by atoms with van der Waals surface area (Å²) in [5.74, 6) is 0.835. The van der Waals surface area contributed by atoms with Crippen LogP contribution in [0.3, 0.4) is 0 Å². The van der Waals surface area contributed by atoms with Gasteiger partial charge in [0.2, 0.25) is 0 Å². The molecule has 0 saturated heterocycles. The van der Waals surface area contributed by atoms with Gasteiger partial charge in [-0.3, -0.25) is 4.79 Å². The molecule has 2 rings (SSSR count). The van der Waals surface area contributed by atoms with Crippen LogP contribution in [0, 0.1) is 5.92 Å². The summed E-state index contributed by atoms with van der Waals surface area (Å²) in [5, 5.41) is 2.95. The summed E-state index contributed by atoms with van der Waals surface area (Å²) in [6.45, 7) is 1.88. The Morgan fingerprint density at radius 3 is 2.58 bits per heavy atom. The molecule has 1 N–H and O–H groups in total. The van der Waals surface area contributed by atoms with Gasteiger partial charge in [0.15, 0.2) is 18.1 Å². The second-order valence-electron chi connectivity index (χ2n) is 6.49. The zero-order valence-electron chi connectivity index (χ0n) is 15.6. The molecule has 0 unspecified atom stereocenters. The first-order chi connectivity index (χ1) is 12.5. The normalized spacial score (nSPS) is 19.8. The van der Waals surface area contributed by atoms with E-state index in [1.807, 2.05) is 0 Å². The lowest BCUT2D eigenvalue weighted by Gasteiger charge is -2.29. The van der Waals surface area contributed by atoms with E-state index in [1.165, 1.54) is 12.5 Å². The molecule has 6 heteroatoms. The van der Waals surface area contributed by atoms with E-state index < -0.39 is 5.97 Å². The number of esters is 1. The predicted molar refractivity (Wildman–Crippen MR) is 99.1 cm³/mol. The maximum atomic E-state index is 11.9. The van der Waals surface area contributed by atoms with Gasteiger partial charge in [-0.15, -0.1) is 0 Å². The van der Waals surface area contributed by atoms with Gasteiger partial charge in [-0.25, -0.2) is 4.79 Å². The van der Waals surface area contributed by atoms with Crippen molar-refractivity contribution in [2.75, 3.05) is 20.8 Å². The van der Waals surface area contributed by atoms with Crippen LogP contribution in [-0.2, 0) is 14.3 Å². The summed E-state index contributed by atoms with van der Waals surface area (Å²) in [6, 6.07) is 5.47. The molecule has 26 heavy (non-hydrogen) atoms. The first-order valence-electron chi connectivity index (χ1n) is 8.89. The van der Waals surface area contributed by atoms with Crippen LogP contribution in [0.25, 0.3) is 6.08 Å². The molecule has 6 nitrogen and oxygen atoms in total. The quantitative estimate of drug-likeness (QED) is 0.597. The van der Waals surface area contributed by atoms with E-state index >= 15 is 0 Å². The summed E-state index contributed by atoms with van der Waals surface area (Å²) in [4.78, 5) is 23.8. The van der Waals surface area contributed by atoms with Crippen molar-refractivity contribution in [2.45, 2.75) is 38.6 Å². The molecule has 0 bridgehead atoms. The maximum absolute atomic E-state index is 11.9. The molecule has 1 aliphatic rings. The number of carbonyl (C=O) groups is 2. The van der Waals surface area contributed by atoms with Crippen molar-refractivity contribution in [1.29, 1.82) is 0 Å². The number of nitrogens with one attached hydrogen (secondary N) is 1. The van der Waals surface area contributed by atoms with Gasteiger partial charge in [0.25, 0.3) is 5.91 Å². The molecular weight excluding hydrogens is 334 g/mol. The Hall–Kier alpha value is -2.50. The molecule has 1 aliphatic carbocycles. The lowest BCUT2D eigenvalue weighted by Crippen LogP contribution is -2.42. The average molecular weight is 361 g/mol. The van der Waals surface area contributed by atoms with Gasteiger partial charge in [-0.1, -0.05) is 25.8 Å². The number of carbonyl (C=O) groups excluding carboxylic acids is 2. The van der Waals surface area contributed by atoms with E-state index in [1.54, 1.807) is 38.5 Å². The first kappa shape index (κ1) is 19.8. The molecule has 1 amide bonds. The first-order valence-corrected chi connectivity index (χ1v) is 8.89. The standard InChI is InChI=1S/C20H27NO5/c1-14-6-4-5-7-16(14)21-19(22)13-26-20(23)11-9-15-8-10-17(24-2)18(12-15)25-3/h8-12,14,16H,4-7,13H2,1-3H3,(H,21,22)/b11-9+/t14-,16-/m1/s1. The zero-order chi connectivity index (χ0) is 18.9. The Kier molecular flexibility index (Phi) is 7.51. The molecule has 1 aromatic carbocycles. The highest BCUT2D eigenvalue weighted by molar-refractivity contribution is 5.89. The molecule has 1 aromatic rings. The number of methoxy groups -OCH3 is 2. The Morgan fingerprint density at radius 2 is 1.88 bits per heavy atom. The highest BCUT2D eigenvalue weighted by Crippen LogP contribution is 2.28. The molecule has 2 atom stereocenters. The lowest BCUT2D eigenvalue weighted by molar-refractivity contribution is -0.144. The zero-order valence-corrected chi connectivity index (χ0v) is 15.6. The second-order valence-corrected chi connectivity index (χ2v) is 6.49. The summed E-state index contributed by atoms with van der Waals surface area (Å²) < 4.78 is 15.4.